The molecule has 8 heteroatoms. The van der Waals surface area contributed by atoms with Crippen molar-refractivity contribution in [3.63, 3.8) is 0 Å². The molecule has 0 saturated carbocycles. The molecule has 0 bridgehead atoms. The second-order valence-electron chi connectivity index (χ2n) is 4.27. The third kappa shape index (κ3) is 186. The summed E-state index contributed by atoms with van der Waals surface area (Å²) in [5.41, 5.74) is 0.626. The summed E-state index contributed by atoms with van der Waals surface area (Å²) in [5.74, 6) is -0.984. The van der Waals surface area contributed by atoms with Crippen LogP contribution in [0.15, 0.2) is 143 Å². The van der Waals surface area contributed by atoms with Crippen LogP contribution in [0.5, 0.6) is 0 Å². The van der Waals surface area contributed by atoms with Gasteiger partial charge in [-0.3, -0.25) is 0 Å². The summed E-state index contributed by atoms with van der Waals surface area (Å²) in [6, 6.07) is 0. The fraction of sp³-hybridized carbons (Fsp3) is 0.273. The van der Waals surface area contributed by atoms with E-state index in [1.807, 2.05) is 0 Å². The minimum absolute atomic E-state index is 0.0186. The van der Waals surface area contributed by atoms with Crippen LogP contribution in [0.4, 0.5) is 0 Å². The van der Waals surface area contributed by atoms with Gasteiger partial charge in [0.15, 0.2) is 0 Å². The number of ether oxygens (including phenoxy) is 2. The number of hydrogen-bond acceptors (Lipinski definition) is 8. The Labute approximate surface area is 254 Å². The molecule has 0 aromatic heterocycles. The number of hydrogen-bond donors (Lipinski definition) is 4. The van der Waals surface area contributed by atoms with Gasteiger partial charge in [-0.1, -0.05) is 13.2 Å². The van der Waals surface area contributed by atoms with E-state index in [1.54, 1.807) is 20.8 Å². The lowest BCUT2D eigenvalue weighted by atomic mass is 10.3. The fourth-order valence-electron chi connectivity index (χ4n) is 0.634. The first-order valence-corrected chi connectivity index (χ1v) is 11.3. The minimum atomic E-state index is -0.492. The lowest BCUT2D eigenvalue weighted by molar-refractivity contribution is -0.152. The van der Waals surface area contributed by atoms with Gasteiger partial charge in [0, 0.05) is 11.1 Å². The van der Waals surface area contributed by atoms with Gasteiger partial charge in [0.05, 0.1) is 26.4 Å². The Kier molecular flexibility index (Phi) is 255. The number of aliphatic hydroxyl groups is 4. The highest BCUT2D eigenvalue weighted by Gasteiger charge is 2.12. The SMILES string of the molecule is C=C.C=C.C=C.C=C.C=C.C=C.C=C.C=C.C=C.C=C(C)C(=O)OCC(C)OC(=O)C(=C)C.OCCO.OCCO. The van der Waals surface area contributed by atoms with Crippen molar-refractivity contribution in [2.24, 2.45) is 0 Å². The largest absolute Gasteiger partial charge is 0.458 e. The first kappa shape index (κ1) is 76.7. The molecular formula is C33H64O8. The van der Waals surface area contributed by atoms with E-state index in [4.69, 9.17) is 29.9 Å². The quantitative estimate of drug-likeness (QED) is 0.145. The summed E-state index contributed by atoms with van der Waals surface area (Å²) in [5, 5.41) is 30.5. The second-order valence-corrected chi connectivity index (χ2v) is 4.27. The molecule has 0 aliphatic rings. The van der Waals surface area contributed by atoms with Gasteiger partial charge in [0.25, 0.3) is 0 Å². The van der Waals surface area contributed by atoms with Crippen LogP contribution < -0.4 is 0 Å². The number of aliphatic hydroxyl groups excluding tert-OH is 4. The topological polar surface area (TPSA) is 134 Å². The molecule has 0 heterocycles. The lowest BCUT2D eigenvalue weighted by Crippen LogP contribution is -2.22. The zero-order chi connectivity index (χ0) is 36.8. The van der Waals surface area contributed by atoms with Crippen molar-refractivity contribution in [2.75, 3.05) is 33.0 Å². The average Bonchev–Trinajstić information content (AvgIpc) is 3.08. The predicted octanol–water partition coefficient (Wildman–Crippen LogP) is 6.78. The molecule has 0 aromatic rings. The van der Waals surface area contributed by atoms with Gasteiger partial charge < -0.3 is 29.9 Å². The van der Waals surface area contributed by atoms with E-state index in [0.29, 0.717) is 11.1 Å². The molecule has 0 aliphatic carbocycles. The monoisotopic (exact) mass is 588 g/mol. The van der Waals surface area contributed by atoms with E-state index in [0.717, 1.165) is 0 Å². The van der Waals surface area contributed by atoms with Crippen LogP contribution in [-0.4, -0.2) is 71.5 Å². The van der Waals surface area contributed by atoms with Gasteiger partial charge in [-0.15, -0.1) is 118 Å². The maximum absolute atomic E-state index is 11.1. The lowest BCUT2D eigenvalue weighted by Gasteiger charge is -2.13. The molecule has 4 N–H and O–H groups in total. The summed E-state index contributed by atoms with van der Waals surface area (Å²) in [6.07, 6.45) is -0.488. The Balaban J connectivity index is -0.0000000270. The normalized spacial score (nSPS) is 6.51. The molecular weight excluding hydrogens is 524 g/mol. The Morgan fingerprint density at radius 3 is 0.854 bits per heavy atom. The Bertz CT molecular complexity index is 443. The highest BCUT2D eigenvalue weighted by atomic mass is 16.6. The third-order valence-corrected chi connectivity index (χ3v) is 1.65. The minimum Gasteiger partial charge on any atom is -0.458 e. The summed E-state index contributed by atoms with van der Waals surface area (Å²) < 4.78 is 9.70. The van der Waals surface area contributed by atoms with E-state index < -0.39 is 18.0 Å². The van der Waals surface area contributed by atoms with Gasteiger partial charge >= 0.3 is 11.9 Å². The van der Waals surface area contributed by atoms with Crippen LogP contribution >= 0.6 is 0 Å². The van der Waals surface area contributed by atoms with E-state index >= 15 is 0 Å². The number of carbonyl (C=O) groups excluding carboxylic acids is 2. The van der Waals surface area contributed by atoms with Crippen molar-refractivity contribution < 1.29 is 39.5 Å². The molecule has 0 amide bonds. The van der Waals surface area contributed by atoms with Crippen molar-refractivity contribution in [3.8, 4) is 0 Å². The van der Waals surface area contributed by atoms with E-state index in [2.05, 4.69) is 132 Å². The number of esters is 2. The molecule has 0 fully saturated rings. The van der Waals surface area contributed by atoms with Crippen molar-refractivity contribution in [3.05, 3.63) is 143 Å². The molecule has 0 radical (unpaired) electrons. The van der Waals surface area contributed by atoms with Crippen LogP contribution in [0.25, 0.3) is 0 Å². The van der Waals surface area contributed by atoms with Crippen molar-refractivity contribution in [2.45, 2.75) is 26.9 Å². The van der Waals surface area contributed by atoms with Gasteiger partial charge in [0.1, 0.15) is 12.7 Å². The Morgan fingerprint density at radius 1 is 0.512 bits per heavy atom. The number of rotatable bonds is 7. The first-order chi connectivity index (χ1) is 19.7. The molecule has 0 spiro atoms. The molecule has 41 heavy (non-hydrogen) atoms. The van der Waals surface area contributed by atoms with E-state index in [1.165, 1.54) is 0 Å². The number of carbonyl (C=O) groups is 2. The summed E-state index contributed by atoms with van der Waals surface area (Å²) >= 11 is 0. The first-order valence-electron chi connectivity index (χ1n) is 11.3. The highest BCUT2D eigenvalue weighted by molar-refractivity contribution is 5.87. The second kappa shape index (κ2) is 136. The molecule has 1 atom stereocenters. The maximum atomic E-state index is 11.1. The predicted molar refractivity (Wildman–Crippen MR) is 186 cm³/mol. The molecule has 244 valence electrons. The zero-order valence-electron chi connectivity index (χ0n) is 26.7. The van der Waals surface area contributed by atoms with Crippen LogP contribution in [-0.2, 0) is 19.1 Å². The molecule has 0 aromatic carbocycles. The molecule has 0 saturated heterocycles. The Hall–Kier alpha value is -4.08. The summed E-state index contributed by atoms with van der Waals surface area (Å²) in [4.78, 5) is 22.0. The highest BCUT2D eigenvalue weighted by Crippen LogP contribution is 2.00. The van der Waals surface area contributed by atoms with Gasteiger partial charge in [-0.05, 0) is 20.8 Å². The van der Waals surface area contributed by atoms with Gasteiger partial charge in [-0.2, -0.15) is 0 Å². The molecule has 0 rings (SSSR count). The fourth-order valence-corrected chi connectivity index (χ4v) is 0.634. The van der Waals surface area contributed by atoms with Crippen LogP contribution in [0.2, 0.25) is 0 Å². The zero-order valence-corrected chi connectivity index (χ0v) is 26.7. The molecule has 0 aliphatic heterocycles. The van der Waals surface area contributed by atoms with Crippen LogP contribution in [0.1, 0.15) is 20.8 Å². The summed E-state index contributed by atoms with van der Waals surface area (Å²) in [6.45, 7) is 65.1. The molecule has 1 unspecified atom stereocenters. The van der Waals surface area contributed by atoms with Crippen molar-refractivity contribution in [1.29, 1.82) is 0 Å². The van der Waals surface area contributed by atoms with Gasteiger partial charge in [-0.25, -0.2) is 9.59 Å². The average molecular weight is 589 g/mol. The maximum Gasteiger partial charge on any atom is 0.333 e. The van der Waals surface area contributed by atoms with E-state index in [-0.39, 0.29) is 33.0 Å². The smallest absolute Gasteiger partial charge is 0.333 e. The van der Waals surface area contributed by atoms with E-state index in [9.17, 15) is 9.59 Å². The van der Waals surface area contributed by atoms with Crippen molar-refractivity contribution >= 4 is 11.9 Å². The third-order valence-electron chi connectivity index (χ3n) is 1.65. The van der Waals surface area contributed by atoms with Crippen molar-refractivity contribution in [1.82, 2.24) is 0 Å². The van der Waals surface area contributed by atoms with Crippen LogP contribution in [0, 0.1) is 0 Å². The Morgan fingerprint density at radius 2 is 0.707 bits per heavy atom. The molecule has 8 nitrogen and oxygen atoms in total. The van der Waals surface area contributed by atoms with Gasteiger partial charge in [0.2, 0.25) is 0 Å². The standard InChI is InChI=1S/C11H16O4.2C2H6O2.9C2H4/c1-7(2)10(12)14-6-9(5)15-11(13)8(3)4;2*3-1-2-4;9*1-2/h9H,1,3,6H2,2,4-5H3;2*3-4H,1-2H2;9*1-2H2. The summed E-state index contributed by atoms with van der Waals surface area (Å²) in [7, 11) is 0. The van der Waals surface area contributed by atoms with Crippen LogP contribution in [0.3, 0.4) is 0 Å².